The summed E-state index contributed by atoms with van der Waals surface area (Å²) in [6.45, 7) is 0. The second-order valence-electron chi connectivity index (χ2n) is 5.45. The first kappa shape index (κ1) is 17.5. The van der Waals surface area contributed by atoms with Crippen LogP contribution in [-0.4, -0.2) is 11.0 Å². The summed E-state index contributed by atoms with van der Waals surface area (Å²) in [6.07, 6.45) is 2.94. The van der Waals surface area contributed by atoms with E-state index in [9.17, 15) is 13.6 Å². The number of halogens is 2. The molecule has 5 heteroatoms. The van der Waals surface area contributed by atoms with Gasteiger partial charge >= 0.3 is 5.97 Å². The molecule has 0 saturated carbocycles. The summed E-state index contributed by atoms with van der Waals surface area (Å²) in [4.78, 5) is 16.4. The van der Waals surface area contributed by atoms with E-state index in [0.717, 1.165) is 29.8 Å². The van der Waals surface area contributed by atoms with Gasteiger partial charge in [-0.05, 0) is 35.9 Å². The van der Waals surface area contributed by atoms with Gasteiger partial charge in [0.2, 0.25) is 0 Å². The fourth-order valence-corrected chi connectivity index (χ4v) is 2.43. The van der Waals surface area contributed by atoms with Gasteiger partial charge in [-0.15, -0.1) is 0 Å². The normalized spacial score (nSPS) is 12.1. The first-order chi connectivity index (χ1) is 12.6. The highest BCUT2D eigenvalue weighted by molar-refractivity contribution is 5.87. The van der Waals surface area contributed by atoms with E-state index in [4.69, 9.17) is 4.74 Å². The predicted molar refractivity (Wildman–Crippen MR) is 94.0 cm³/mol. The summed E-state index contributed by atoms with van der Waals surface area (Å²) in [5, 5.41) is 0. The van der Waals surface area contributed by atoms with E-state index in [1.54, 1.807) is 24.4 Å². The van der Waals surface area contributed by atoms with Crippen LogP contribution >= 0.6 is 0 Å². The number of hydrogen-bond donors (Lipinski definition) is 0. The van der Waals surface area contributed by atoms with Gasteiger partial charge in [-0.2, -0.15) is 0 Å². The highest BCUT2D eigenvalue weighted by Gasteiger charge is 2.19. The van der Waals surface area contributed by atoms with Gasteiger partial charge in [-0.3, -0.25) is 4.98 Å². The fourth-order valence-electron chi connectivity index (χ4n) is 2.43. The van der Waals surface area contributed by atoms with Gasteiger partial charge in [0, 0.05) is 17.8 Å². The van der Waals surface area contributed by atoms with Crippen molar-refractivity contribution in [3.63, 3.8) is 0 Å². The van der Waals surface area contributed by atoms with Crippen molar-refractivity contribution in [3.05, 3.63) is 107 Å². The maximum atomic E-state index is 13.6. The van der Waals surface area contributed by atoms with E-state index in [0.29, 0.717) is 5.69 Å². The largest absolute Gasteiger partial charge is 0.448 e. The van der Waals surface area contributed by atoms with Crippen molar-refractivity contribution in [2.75, 3.05) is 0 Å². The first-order valence-corrected chi connectivity index (χ1v) is 7.94. The molecule has 1 atom stereocenters. The van der Waals surface area contributed by atoms with Gasteiger partial charge in [0.1, 0.15) is 11.6 Å². The van der Waals surface area contributed by atoms with Crippen LogP contribution in [0.3, 0.4) is 0 Å². The highest BCUT2D eigenvalue weighted by Crippen LogP contribution is 2.24. The van der Waals surface area contributed by atoms with Gasteiger partial charge in [0.15, 0.2) is 6.10 Å². The molecule has 130 valence electrons. The van der Waals surface area contributed by atoms with Crippen LogP contribution in [0.2, 0.25) is 0 Å². The molecule has 3 aromatic rings. The summed E-state index contributed by atoms with van der Waals surface area (Å²) >= 11 is 0. The quantitative estimate of drug-likeness (QED) is 0.494. The van der Waals surface area contributed by atoms with E-state index >= 15 is 0 Å². The lowest BCUT2D eigenvalue weighted by molar-refractivity contribution is -0.141. The smallest absolute Gasteiger partial charge is 0.331 e. The number of hydrogen-bond acceptors (Lipinski definition) is 3. The van der Waals surface area contributed by atoms with Crippen LogP contribution in [0.4, 0.5) is 8.78 Å². The molecule has 0 bridgehead atoms. The molecule has 1 aromatic heterocycles. The fraction of sp³-hybridized carbons (Fsp3) is 0.0476. The molecule has 0 radical (unpaired) electrons. The Hall–Kier alpha value is -3.34. The predicted octanol–water partition coefficient (Wildman–Crippen LogP) is 4.71. The SMILES string of the molecule is O=C(/C=C\c1c(F)cccc1F)O[C@H](c1ccccc1)c1ccccn1. The Balaban J connectivity index is 1.83. The lowest BCUT2D eigenvalue weighted by Gasteiger charge is -2.17. The number of aromatic nitrogens is 1. The van der Waals surface area contributed by atoms with Gasteiger partial charge in [-0.25, -0.2) is 13.6 Å². The molecule has 3 rings (SSSR count). The van der Waals surface area contributed by atoms with Crippen LogP contribution < -0.4 is 0 Å². The van der Waals surface area contributed by atoms with E-state index in [1.165, 1.54) is 6.07 Å². The second-order valence-corrected chi connectivity index (χ2v) is 5.45. The number of ether oxygens (including phenoxy) is 1. The summed E-state index contributed by atoms with van der Waals surface area (Å²) in [5.41, 5.74) is 1.00. The van der Waals surface area contributed by atoms with Gasteiger partial charge in [-0.1, -0.05) is 42.5 Å². The number of rotatable bonds is 5. The van der Waals surface area contributed by atoms with Crippen molar-refractivity contribution in [2.24, 2.45) is 0 Å². The Bertz CT molecular complexity index is 852. The van der Waals surface area contributed by atoms with Crippen LogP contribution in [0.15, 0.2) is 79.0 Å². The maximum absolute atomic E-state index is 13.6. The van der Waals surface area contributed by atoms with Crippen molar-refractivity contribution < 1.29 is 18.3 Å². The number of carbonyl (C=O) groups excluding carboxylic acids is 1. The van der Waals surface area contributed by atoms with Crippen molar-refractivity contribution in [3.8, 4) is 0 Å². The van der Waals surface area contributed by atoms with Crippen molar-refractivity contribution in [1.29, 1.82) is 0 Å². The zero-order chi connectivity index (χ0) is 18.4. The minimum Gasteiger partial charge on any atom is -0.448 e. The molecule has 26 heavy (non-hydrogen) atoms. The first-order valence-electron chi connectivity index (χ1n) is 7.94. The average molecular weight is 351 g/mol. The molecule has 0 aliphatic carbocycles. The number of carbonyl (C=O) groups is 1. The molecule has 0 fully saturated rings. The topological polar surface area (TPSA) is 39.2 Å². The molecule has 0 aliphatic rings. The standard InChI is InChI=1S/C21H15F2NO2/c22-17-9-6-10-18(23)16(17)12-13-20(25)26-21(15-7-2-1-3-8-15)19-11-4-5-14-24-19/h1-14,21H/b13-12-/t21-/m1/s1. The summed E-state index contributed by atoms with van der Waals surface area (Å²) < 4.78 is 32.8. The summed E-state index contributed by atoms with van der Waals surface area (Å²) in [6, 6.07) is 17.9. The van der Waals surface area contributed by atoms with Crippen LogP contribution in [0.25, 0.3) is 6.08 Å². The van der Waals surface area contributed by atoms with E-state index in [2.05, 4.69) is 4.98 Å². The lowest BCUT2D eigenvalue weighted by Crippen LogP contribution is -2.12. The molecule has 3 nitrogen and oxygen atoms in total. The van der Waals surface area contributed by atoms with Crippen molar-refractivity contribution >= 4 is 12.0 Å². The molecule has 2 aromatic carbocycles. The highest BCUT2D eigenvalue weighted by atomic mass is 19.1. The Kier molecular flexibility index (Phi) is 5.49. The third-order valence-electron chi connectivity index (χ3n) is 3.68. The zero-order valence-corrected chi connectivity index (χ0v) is 13.7. The number of nitrogens with zero attached hydrogens (tertiary/aromatic N) is 1. The zero-order valence-electron chi connectivity index (χ0n) is 13.7. The average Bonchev–Trinajstić information content (AvgIpc) is 2.67. The number of pyridine rings is 1. The Morgan fingerprint density at radius 2 is 1.62 bits per heavy atom. The summed E-state index contributed by atoms with van der Waals surface area (Å²) in [5.74, 6) is -2.23. The Morgan fingerprint density at radius 1 is 0.923 bits per heavy atom. The molecular formula is C21H15F2NO2. The van der Waals surface area contributed by atoms with E-state index < -0.39 is 23.7 Å². The van der Waals surface area contributed by atoms with Crippen molar-refractivity contribution in [2.45, 2.75) is 6.10 Å². The molecule has 0 unspecified atom stereocenters. The Labute approximate surface area is 149 Å². The lowest BCUT2D eigenvalue weighted by atomic mass is 10.1. The van der Waals surface area contributed by atoms with Gasteiger partial charge in [0.25, 0.3) is 0 Å². The van der Waals surface area contributed by atoms with Crippen LogP contribution in [0.1, 0.15) is 22.9 Å². The molecule has 0 saturated heterocycles. The third-order valence-corrected chi connectivity index (χ3v) is 3.68. The monoisotopic (exact) mass is 351 g/mol. The maximum Gasteiger partial charge on any atom is 0.331 e. The van der Waals surface area contributed by atoms with Gasteiger partial charge in [0.05, 0.1) is 5.69 Å². The molecule has 0 spiro atoms. The molecule has 0 N–H and O–H groups in total. The Morgan fingerprint density at radius 3 is 2.27 bits per heavy atom. The van der Waals surface area contributed by atoms with Crippen LogP contribution in [-0.2, 0) is 9.53 Å². The summed E-state index contributed by atoms with van der Waals surface area (Å²) in [7, 11) is 0. The molecule has 0 amide bonds. The molecule has 0 aliphatic heterocycles. The van der Waals surface area contributed by atoms with Crippen LogP contribution in [0, 0.1) is 11.6 Å². The second kappa shape index (κ2) is 8.16. The minimum absolute atomic E-state index is 0.293. The minimum atomic E-state index is -0.751. The number of esters is 1. The molecule has 1 heterocycles. The number of benzene rings is 2. The van der Waals surface area contributed by atoms with Gasteiger partial charge < -0.3 is 4.74 Å². The molecular weight excluding hydrogens is 336 g/mol. The van der Waals surface area contributed by atoms with Crippen LogP contribution in [0.5, 0.6) is 0 Å². The van der Waals surface area contributed by atoms with E-state index in [-0.39, 0.29) is 5.56 Å². The van der Waals surface area contributed by atoms with E-state index in [1.807, 2.05) is 30.3 Å². The third kappa shape index (κ3) is 4.19. The van der Waals surface area contributed by atoms with Crippen molar-refractivity contribution in [1.82, 2.24) is 4.98 Å².